The molecule has 1 aromatic carbocycles. The van der Waals surface area contributed by atoms with E-state index in [1.807, 2.05) is 24.3 Å². The van der Waals surface area contributed by atoms with Gasteiger partial charge < -0.3 is 10.1 Å². The first-order chi connectivity index (χ1) is 12.0. The van der Waals surface area contributed by atoms with Crippen LogP contribution in [0.1, 0.15) is 38.2 Å². The average molecular weight is 344 g/mol. The summed E-state index contributed by atoms with van der Waals surface area (Å²) in [6, 6.07) is 6.62. The number of ether oxygens (including phenoxy) is 1. The van der Waals surface area contributed by atoms with E-state index in [4.69, 9.17) is 4.74 Å². The minimum atomic E-state index is -0.781. The van der Waals surface area contributed by atoms with Crippen LogP contribution in [0.5, 0.6) is 5.75 Å². The van der Waals surface area contributed by atoms with Gasteiger partial charge in [0.15, 0.2) is 0 Å². The number of amides is 3. The van der Waals surface area contributed by atoms with Crippen LogP contribution in [-0.2, 0) is 20.9 Å². The van der Waals surface area contributed by atoms with Gasteiger partial charge in [-0.1, -0.05) is 25.0 Å². The summed E-state index contributed by atoms with van der Waals surface area (Å²) in [4.78, 5) is 38.8. The largest absolute Gasteiger partial charge is 0.497 e. The number of nitrogens with zero attached hydrogens (tertiary/aromatic N) is 1. The Morgan fingerprint density at radius 2 is 1.88 bits per heavy atom. The molecule has 25 heavy (non-hydrogen) atoms. The molecule has 1 aliphatic carbocycles. The third-order valence-corrected chi connectivity index (χ3v) is 5.24. The Hall–Kier alpha value is -2.37. The Morgan fingerprint density at radius 3 is 2.48 bits per heavy atom. The van der Waals surface area contributed by atoms with Crippen molar-refractivity contribution in [3.05, 3.63) is 29.8 Å². The van der Waals surface area contributed by atoms with Crippen LogP contribution in [0.4, 0.5) is 0 Å². The molecule has 2 fully saturated rings. The van der Waals surface area contributed by atoms with Gasteiger partial charge in [-0.15, -0.1) is 0 Å². The van der Waals surface area contributed by atoms with Crippen LogP contribution in [-0.4, -0.2) is 35.8 Å². The molecule has 3 amide bonds. The van der Waals surface area contributed by atoms with Crippen LogP contribution in [0.25, 0.3) is 0 Å². The number of hydrogen-bond acceptors (Lipinski definition) is 4. The van der Waals surface area contributed by atoms with E-state index >= 15 is 0 Å². The fourth-order valence-electron chi connectivity index (χ4n) is 3.81. The Balaban J connectivity index is 1.63. The lowest BCUT2D eigenvalue weighted by atomic mass is 9.81. The van der Waals surface area contributed by atoms with Gasteiger partial charge in [0.05, 0.1) is 18.9 Å². The summed E-state index contributed by atoms with van der Waals surface area (Å²) in [5.74, 6) is -0.417. The lowest BCUT2D eigenvalue weighted by molar-refractivity contribution is -0.147. The molecule has 6 heteroatoms. The van der Waals surface area contributed by atoms with Crippen molar-refractivity contribution in [2.75, 3.05) is 7.11 Å². The number of carbonyl (C=O) groups excluding carboxylic acids is 3. The number of likely N-dealkylation sites (tertiary alicyclic amines) is 1. The quantitative estimate of drug-likeness (QED) is 0.828. The summed E-state index contributed by atoms with van der Waals surface area (Å²) in [6.07, 6.45) is 3.46. The van der Waals surface area contributed by atoms with Crippen molar-refractivity contribution in [3.63, 3.8) is 0 Å². The predicted octanol–water partition coefficient (Wildman–Crippen LogP) is 1.88. The van der Waals surface area contributed by atoms with E-state index in [-0.39, 0.29) is 29.6 Å². The van der Waals surface area contributed by atoms with Crippen molar-refractivity contribution >= 4 is 17.7 Å². The normalized spacial score (nSPS) is 24.0. The summed E-state index contributed by atoms with van der Waals surface area (Å²) >= 11 is 0. The van der Waals surface area contributed by atoms with Gasteiger partial charge in [-0.05, 0) is 37.5 Å². The van der Waals surface area contributed by atoms with Gasteiger partial charge >= 0.3 is 0 Å². The molecule has 1 N–H and O–H groups in total. The van der Waals surface area contributed by atoms with Crippen molar-refractivity contribution in [2.45, 2.75) is 45.2 Å². The van der Waals surface area contributed by atoms with Gasteiger partial charge in [0.1, 0.15) is 11.8 Å². The highest BCUT2D eigenvalue weighted by Gasteiger charge is 2.50. The molecule has 1 saturated heterocycles. The Morgan fingerprint density at radius 1 is 1.24 bits per heavy atom. The van der Waals surface area contributed by atoms with E-state index in [0.717, 1.165) is 31.2 Å². The first-order valence-electron chi connectivity index (χ1n) is 8.80. The number of nitrogens with one attached hydrogen (secondary N) is 1. The molecule has 1 aromatic rings. The standard InChI is InChI=1S/C19H24N2O4/c1-12(17(22)20-11-13-6-5-7-14(10-13)25-2)21-18(23)15-8-3-4-9-16(15)19(21)24/h5-7,10,12,15-16H,3-4,8-9,11H2,1-2H3,(H,20,22)/t12-,15-,16-/m0/s1. The van der Waals surface area contributed by atoms with E-state index < -0.39 is 6.04 Å². The fraction of sp³-hybridized carbons (Fsp3) is 0.526. The minimum absolute atomic E-state index is 0.182. The van der Waals surface area contributed by atoms with E-state index in [0.29, 0.717) is 12.3 Å². The predicted molar refractivity (Wildman–Crippen MR) is 91.6 cm³/mol. The molecule has 2 aliphatic rings. The molecular weight excluding hydrogens is 320 g/mol. The number of hydrogen-bond donors (Lipinski definition) is 1. The lowest BCUT2D eigenvalue weighted by Gasteiger charge is -2.22. The molecular formula is C19H24N2O4. The second-order valence-corrected chi connectivity index (χ2v) is 6.79. The SMILES string of the molecule is COc1cccc(CNC(=O)[C@H](C)N2C(=O)[C@H]3CCCC[C@@H]3C2=O)c1. The zero-order valence-electron chi connectivity index (χ0n) is 14.7. The van der Waals surface area contributed by atoms with Crippen LogP contribution in [0.2, 0.25) is 0 Å². The first kappa shape index (κ1) is 17.5. The Labute approximate surface area is 147 Å². The maximum Gasteiger partial charge on any atom is 0.243 e. The molecule has 0 spiro atoms. The van der Waals surface area contributed by atoms with Crippen LogP contribution < -0.4 is 10.1 Å². The van der Waals surface area contributed by atoms with Gasteiger partial charge in [-0.3, -0.25) is 19.3 Å². The molecule has 1 aliphatic heterocycles. The van der Waals surface area contributed by atoms with Gasteiger partial charge in [0.25, 0.3) is 0 Å². The summed E-state index contributed by atoms with van der Waals surface area (Å²) in [6.45, 7) is 1.94. The number of fused-ring (bicyclic) bond motifs is 1. The second-order valence-electron chi connectivity index (χ2n) is 6.79. The topological polar surface area (TPSA) is 75.7 Å². The molecule has 3 rings (SSSR count). The van der Waals surface area contributed by atoms with Gasteiger partial charge in [-0.25, -0.2) is 0 Å². The molecule has 0 bridgehead atoms. The molecule has 1 heterocycles. The van der Waals surface area contributed by atoms with Crippen molar-refractivity contribution in [3.8, 4) is 5.75 Å². The van der Waals surface area contributed by atoms with Crippen LogP contribution >= 0.6 is 0 Å². The number of benzene rings is 1. The van der Waals surface area contributed by atoms with E-state index in [9.17, 15) is 14.4 Å². The molecule has 1 saturated carbocycles. The average Bonchev–Trinajstić information content (AvgIpc) is 2.90. The summed E-state index contributed by atoms with van der Waals surface area (Å²) in [7, 11) is 1.59. The van der Waals surface area contributed by atoms with E-state index in [2.05, 4.69) is 5.32 Å². The monoisotopic (exact) mass is 344 g/mol. The zero-order valence-corrected chi connectivity index (χ0v) is 14.7. The molecule has 6 nitrogen and oxygen atoms in total. The van der Waals surface area contributed by atoms with E-state index in [1.54, 1.807) is 14.0 Å². The number of carbonyl (C=O) groups is 3. The van der Waals surface area contributed by atoms with Crippen LogP contribution in [0, 0.1) is 11.8 Å². The smallest absolute Gasteiger partial charge is 0.243 e. The molecule has 0 radical (unpaired) electrons. The first-order valence-corrected chi connectivity index (χ1v) is 8.80. The molecule has 0 aromatic heterocycles. The molecule has 0 unspecified atom stereocenters. The Bertz CT molecular complexity index is 664. The Kier molecular flexibility index (Phi) is 5.06. The van der Waals surface area contributed by atoms with Crippen LogP contribution in [0.3, 0.4) is 0 Å². The summed E-state index contributed by atoms with van der Waals surface area (Å²) < 4.78 is 5.16. The lowest BCUT2D eigenvalue weighted by Crippen LogP contribution is -2.48. The van der Waals surface area contributed by atoms with Gasteiger partial charge in [-0.2, -0.15) is 0 Å². The number of imide groups is 1. The van der Waals surface area contributed by atoms with Crippen molar-refractivity contribution < 1.29 is 19.1 Å². The summed E-state index contributed by atoms with van der Waals surface area (Å²) in [5.41, 5.74) is 0.896. The number of methoxy groups -OCH3 is 1. The second kappa shape index (κ2) is 7.25. The highest BCUT2D eigenvalue weighted by molar-refractivity contribution is 6.08. The van der Waals surface area contributed by atoms with E-state index in [1.165, 1.54) is 4.90 Å². The highest BCUT2D eigenvalue weighted by atomic mass is 16.5. The van der Waals surface area contributed by atoms with Crippen molar-refractivity contribution in [1.29, 1.82) is 0 Å². The maximum absolute atomic E-state index is 12.6. The fourth-order valence-corrected chi connectivity index (χ4v) is 3.81. The van der Waals surface area contributed by atoms with Crippen LogP contribution in [0.15, 0.2) is 24.3 Å². The van der Waals surface area contributed by atoms with Crippen molar-refractivity contribution in [1.82, 2.24) is 10.2 Å². The number of rotatable bonds is 5. The summed E-state index contributed by atoms with van der Waals surface area (Å²) in [5, 5.41) is 2.81. The van der Waals surface area contributed by atoms with Gasteiger partial charge in [0, 0.05) is 6.54 Å². The van der Waals surface area contributed by atoms with Gasteiger partial charge in [0.2, 0.25) is 17.7 Å². The third-order valence-electron chi connectivity index (χ3n) is 5.24. The third kappa shape index (κ3) is 3.38. The minimum Gasteiger partial charge on any atom is -0.497 e. The highest BCUT2D eigenvalue weighted by Crippen LogP contribution is 2.38. The molecule has 3 atom stereocenters. The zero-order chi connectivity index (χ0) is 18.0. The molecule has 134 valence electrons. The maximum atomic E-state index is 12.6. The van der Waals surface area contributed by atoms with Crippen molar-refractivity contribution in [2.24, 2.45) is 11.8 Å².